The van der Waals surface area contributed by atoms with Gasteiger partial charge in [0.1, 0.15) is 23.9 Å². The van der Waals surface area contributed by atoms with Crippen molar-refractivity contribution in [3.63, 3.8) is 0 Å². The molecule has 6 nitrogen and oxygen atoms in total. The van der Waals surface area contributed by atoms with E-state index >= 15 is 0 Å². The second-order valence-electron chi connectivity index (χ2n) is 7.18. The van der Waals surface area contributed by atoms with Gasteiger partial charge < -0.3 is 15.4 Å². The number of hydrogen-bond donors (Lipinski definition) is 2. The smallest absolute Gasteiger partial charge is 0.416 e. The topological polar surface area (TPSA) is 61.3 Å². The highest BCUT2D eigenvalue weighted by molar-refractivity contribution is 5.95. The minimum absolute atomic E-state index is 0.206. The number of alkyl halides is 3. The molecule has 4 bridgehead atoms. The molecule has 0 spiro atoms. The van der Waals surface area contributed by atoms with E-state index in [0.717, 1.165) is 19.0 Å². The number of aliphatic imine (C=N–C) groups is 1. The molecule has 9 heteroatoms. The van der Waals surface area contributed by atoms with Crippen molar-refractivity contribution in [2.45, 2.75) is 31.1 Å². The SMILES string of the molecule is CC12NC3=NCCCNCCOc4cc(cc(C(F)(F)F)c4)C1C=NN2C=C3. The molecule has 28 heavy (non-hydrogen) atoms. The molecule has 150 valence electrons. The van der Waals surface area contributed by atoms with E-state index in [2.05, 4.69) is 20.7 Å². The zero-order chi connectivity index (χ0) is 19.8. The van der Waals surface area contributed by atoms with E-state index in [1.807, 2.05) is 13.0 Å². The van der Waals surface area contributed by atoms with E-state index in [1.165, 1.54) is 6.07 Å². The van der Waals surface area contributed by atoms with Crippen LogP contribution in [0.5, 0.6) is 5.75 Å². The summed E-state index contributed by atoms with van der Waals surface area (Å²) in [6, 6.07) is 3.89. The molecule has 2 N–H and O–H groups in total. The molecule has 4 rings (SSSR count). The maximum Gasteiger partial charge on any atom is 0.416 e. The van der Waals surface area contributed by atoms with E-state index in [4.69, 9.17) is 4.74 Å². The van der Waals surface area contributed by atoms with Gasteiger partial charge in [-0.1, -0.05) is 0 Å². The zero-order valence-corrected chi connectivity index (χ0v) is 15.5. The molecule has 0 aliphatic carbocycles. The molecule has 0 aromatic heterocycles. The summed E-state index contributed by atoms with van der Waals surface area (Å²) in [5.41, 5.74) is -0.982. The van der Waals surface area contributed by atoms with Crippen LogP contribution in [0.25, 0.3) is 0 Å². The van der Waals surface area contributed by atoms with Gasteiger partial charge in [-0.05, 0) is 49.7 Å². The lowest BCUT2D eigenvalue weighted by atomic mass is 9.86. The number of rotatable bonds is 0. The van der Waals surface area contributed by atoms with Crippen LogP contribution in [0.4, 0.5) is 13.2 Å². The summed E-state index contributed by atoms with van der Waals surface area (Å²) in [5, 5.41) is 12.7. The van der Waals surface area contributed by atoms with Gasteiger partial charge in [0, 0.05) is 25.5 Å². The highest BCUT2D eigenvalue weighted by atomic mass is 19.4. The summed E-state index contributed by atoms with van der Waals surface area (Å²) in [4.78, 5) is 4.57. The van der Waals surface area contributed by atoms with Crippen LogP contribution >= 0.6 is 0 Å². The van der Waals surface area contributed by atoms with Crippen molar-refractivity contribution >= 4 is 12.1 Å². The molecule has 3 aliphatic heterocycles. The van der Waals surface area contributed by atoms with Gasteiger partial charge in [0.15, 0.2) is 0 Å². The monoisotopic (exact) mass is 393 g/mol. The van der Waals surface area contributed by atoms with Gasteiger partial charge in [-0.25, -0.2) is 5.01 Å². The molecule has 0 radical (unpaired) electrons. The van der Waals surface area contributed by atoms with Gasteiger partial charge in [-0.2, -0.15) is 18.3 Å². The summed E-state index contributed by atoms with van der Waals surface area (Å²) in [6.07, 6.45) is 1.68. The molecule has 2 atom stereocenters. The van der Waals surface area contributed by atoms with Crippen LogP contribution in [0.2, 0.25) is 0 Å². The van der Waals surface area contributed by atoms with Crippen LogP contribution in [0.3, 0.4) is 0 Å². The lowest BCUT2D eigenvalue weighted by molar-refractivity contribution is -0.137. The first-order valence-electron chi connectivity index (χ1n) is 9.26. The van der Waals surface area contributed by atoms with Crippen molar-refractivity contribution in [3.8, 4) is 5.75 Å². The Morgan fingerprint density at radius 1 is 1.25 bits per heavy atom. The Hall–Kier alpha value is -2.55. The number of hydrazone groups is 1. The number of benzene rings is 1. The van der Waals surface area contributed by atoms with Crippen LogP contribution in [0.15, 0.2) is 40.6 Å². The Balaban J connectivity index is 1.77. The molecule has 1 aromatic carbocycles. The zero-order valence-electron chi connectivity index (χ0n) is 15.5. The van der Waals surface area contributed by atoms with E-state index in [-0.39, 0.29) is 12.4 Å². The fourth-order valence-electron chi connectivity index (χ4n) is 3.64. The van der Waals surface area contributed by atoms with Crippen LogP contribution in [-0.4, -0.2) is 49.0 Å². The molecule has 3 aliphatic rings. The first-order valence-corrected chi connectivity index (χ1v) is 9.26. The predicted octanol–water partition coefficient (Wildman–Crippen LogP) is 2.69. The third-order valence-corrected chi connectivity index (χ3v) is 5.13. The van der Waals surface area contributed by atoms with Gasteiger partial charge in [0.05, 0.1) is 11.5 Å². The number of hydrogen-bond acceptors (Lipinski definition) is 6. The molecule has 0 saturated carbocycles. The fraction of sp³-hybridized carbons (Fsp3) is 0.474. The van der Waals surface area contributed by atoms with Crippen molar-refractivity contribution < 1.29 is 17.9 Å². The van der Waals surface area contributed by atoms with Crippen molar-refractivity contribution in [3.05, 3.63) is 41.6 Å². The lowest BCUT2D eigenvalue weighted by Crippen LogP contribution is -2.58. The van der Waals surface area contributed by atoms with Crippen molar-refractivity contribution in [1.82, 2.24) is 15.6 Å². The molecular formula is C19H22F3N5O. The first-order chi connectivity index (χ1) is 13.4. The van der Waals surface area contributed by atoms with Gasteiger partial charge in [-0.15, -0.1) is 0 Å². The number of nitrogens with zero attached hydrogens (tertiary/aromatic N) is 3. The summed E-state index contributed by atoms with van der Waals surface area (Å²) in [5.74, 6) is 0.500. The highest BCUT2D eigenvalue weighted by Crippen LogP contribution is 2.41. The third kappa shape index (κ3) is 3.58. The minimum Gasteiger partial charge on any atom is -0.492 e. The standard InChI is InChI=1S/C19H22F3N5O/c1-18-16-12-25-27(18)7-3-17(26-18)24-5-2-4-23-6-8-28-15-10-13(16)9-14(11-15)19(20,21)22/h3,7,9-12,16,23H,2,4-6,8H2,1H3,(H,24,26). The van der Waals surface area contributed by atoms with E-state index < -0.39 is 23.3 Å². The highest BCUT2D eigenvalue weighted by Gasteiger charge is 2.46. The van der Waals surface area contributed by atoms with Crippen molar-refractivity contribution in [2.24, 2.45) is 10.1 Å². The lowest BCUT2D eigenvalue weighted by Gasteiger charge is -2.41. The predicted molar refractivity (Wildman–Crippen MR) is 100 cm³/mol. The number of fused-ring (bicyclic) bond motifs is 4. The Labute approximate surface area is 161 Å². The molecule has 1 aromatic rings. The van der Waals surface area contributed by atoms with Crippen LogP contribution < -0.4 is 15.4 Å². The van der Waals surface area contributed by atoms with E-state index in [9.17, 15) is 13.2 Å². The van der Waals surface area contributed by atoms with Crippen LogP contribution in [0, 0.1) is 0 Å². The Bertz CT molecular complexity index is 835. The summed E-state index contributed by atoms with van der Waals surface area (Å²) in [6.45, 7) is 4.15. The Kier molecular flexibility index (Phi) is 4.78. The van der Waals surface area contributed by atoms with Crippen LogP contribution in [-0.2, 0) is 6.18 Å². The summed E-state index contributed by atoms with van der Waals surface area (Å²) >= 11 is 0. The molecule has 0 fully saturated rings. The second-order valence-corrected chi connectivity index (χ2v) is 7.18. The summed E-state index contributed by atoms with van der Waals surface area (Å²) in [7, 11) is 0. The van der Waals surface area contributed by atoms with Crippen molar-refractivity contribution in [2.75, 3.05) is 26.2 Å². The van der Waals surface area contributed by atoms with E-state index in [0.29, 0.717) is 24.5 Å². The normalized spacial score (nSPS) is 27.4. The number of nitrogens with one attached hydrogen (secondary N) is 2. The number of halogens is 3. The number of amidine groups is 1. The average molecular weight is 393 g/mol. The van der Waals surface area contributed by atoms with Gasteiger partial charge in [0.25, 0.3) is 0 Å². The van der Waals surface area contributed by atoms with Crippen LogP contribution in [0.1, 0.15) is 30.4 Å². The second kappa shape index (κ2) is 7.12. The molecular weight excluding hydrogens is 371 g/mol. The number of ether oxygens (including phenoxy) is 1. The van der Waals surface area contributed by atoms with Gasteiger partial charge in [0.2, 0.25) is 0 Å². The Morgan fingerprint density at radius 2 is 2.11 bits per heavy atom. The molecule has 0 amide bonds. The van der Waals surface area contributed by atoms with Crippen molar-refractivity contribution in [1.29, 1.82) is 0 Å². The minimum atomic E-state index is -4.46. The van der Waals surface area contributed by atoms with E-state index in [1.54, 1.807) is 23.5 Å². The quantitative estimate of drug-likeness (QED) is 0.712. The van der Waals surface area contributed by atoms with Gasteiger partial charge in [-0.3, -0.25) is 4.99 Å². The maximum atomic E-state index is 13.5. The molecule has 3 heterocycles. The summed E-state index contributed by atoms with van der Waals surface area (Å²) < 4.78 is 46.0. The first kappa shape index (κ1) is 18.8. The molecule has 0 saturated heterocycles. The largest absolute Gasteiger partial charge is 0.492 e. The molecule has 2 unspecified atom stereocenters. The van der Waals surface area contributed by atoms with Gasteiger partial charge >= 0.3 is 6.18 Å². The average Bonchev–Trinajstić information content (AvgIpc) is 2.98. The third-order valence-electron chi connectivity index (χ3n) is 5.13. The maximum absolute atomic E-state index is 13.5. The Morgan fingerprint density at radius 3 is 2.93 bits per heavy atom. The fourth-order valence-corrected chi connectivity index (χ4v) is 3.64.